The van der Waals surface area contributed by atoms with Crippen LogP contribution in [0.1, 0.15) is 61.5 Å². The Kier molecular flexibility index (Phi) is 6.07. The highest BCUT2D eigenvalue weighted by Gasteiger charge is 2.14. The first kappa shape index (κ1) is 15.7. The summed E-state index contributed by atoms with van der Waals surface area (Å²) in [5.41, 5.74) is 3.17. The predicted octanol–water partition coefficient (Wildman–Crippen LogP) is 4.25. The maximum absolute atomic E-state index is 12.3. The van der Waals surface area contributed by atoms with E-state index in [9.17, 15) is 4.79 Å². The number of benzene rings is 1. The van der Waals surface area contributed by atoms with E-state index in [1.54, 1.807) is 0 Å². The zero-order chi connectivity index (χ0) is 14.4. The number of aryl methyl sites for hydroxylation is 2. The quantitative estimate of drug-likeness (QED) is 0.815. The predicted molar refractivity (Wildman–Crippen MR) is 81.5 cm³/mol. The Morgan fingerprint density at radius 2 is 1.89 bits per heavy atom. The van der Waals surface area contributed by atoms with Crippen molar-refractivity contribution >= 4 is 5.91 Å². The Balaban J connectivity index is 2.72. The number of carbonyl (C=O) groups is 1. The van der Waals surface area contributed by atoms with E-state index in [-0.39, 0.29) is 5.91 Å². The number of hydrogen-bond acceptors (Lipinski definition) is 1. The molecule has 1 N–H and O–H groups in total. The molecule has 0 heterocycles. The van der Waals surface area contributed by atoms with Crippen molar-refractivity contribution in [3.8, 4) is 0 Å². The van der Waals surface area contributed by atoms with Gasteiger partial charge in [-0.2, -0.15) is 0 Å². The maximum atomic E-state index is 12.3. The lowest BCUT2D eigenvalue weighted by atomic mass is 9.99. The summed E-state index contributed by atoms with van der Waals surface area (Å²) >= 11 is 0. The molecule has 0 saturated heterocycles. The molecule has 0 aliphatic carbocycles. The van der Waals surface area contributed by atoms with Crippen LogP contribution in [0.4, 0.5) is 0 Å². The fourth-order valence-electron chi connectivity index (χ4n) is 2.32. The second kappa shape index (κ2) is 7.32. The zero-order valence-corrected chi connectivity index (χ0v) is 12.9. The fourth-order valence-corrected chi connectivity index (χ4v) is 2.32. The van der Waals surface area contributed by atoms with Crippen LogP contribution in [0.15, 0.2) is 18.2 Å². The molecule has 1 aromatic rings. The fraction of sp³-hybridized carbons (Fsp3) is 0.588. The summed E-state index contributed by atoms with van der Waals surface area (Å²) in [6.45, 7) is 10.7. The molecule has 0 aliphatic heterocycles. The van der Waals surface area contributed by atoms with Crippen molar-refractivity contribution in [2.45, 2.75) is 59.9 Å². The van der Waals surface area contributed by atoms with Crippen LogP contribution < -0.4 is 5.32 Å². The lowest BCUT2D eigenvalue weighted by Crippen LogP contribution is -2.35. The normalized spacial score (nSPS) is 12.5. The average Bonchev–Trinajstić information content (AvgIpc) is 2.32. The highest BCUT2D eigenvalue weighted by atomic mass is 16.1. The van der Waals surface area contributed by atoms with Gasteiger partial charge in [-0.3, -0.25) is 4.79 Å². The second-order valence-corrected chi connectivity index (χ2v) is 5.89. The summed E-state index contributed by atoms with van der Waals surface area (Å²) in [5.74, 6) is 0.666. The molecule has 1 unspecified atom stereocenters. The molecule has 0 fully saturated rings. The molecule has 0 spiro atoms. The molecule has 0 saturated carbocycles. The lowest BCUT2D eigenvalue weighted by Gasteiger charge is -2.20. The smallest absolute Gasteiger partial charge is 0.251 e. The molecule has 106 valence electrons. The van der Waals surface area contributed by atoms with Gasteiger partial charge in [0.1, 0.15) is 0 Å². The van der Waals surface area contributed by atoms with E-state index in [0.717, 1.165) is 24.8 Å². The number of nitrogens with one attached hydrogen (secondary N) is 1. The summed E-state index contributed by atoms with van der Waals surface area (Å²) in [5, 5.41) is 3.17. The van der Waals surface area contributed by atoms with Gasteiger partial charge in [-0.05, 0) is 55.9 Å². The molecule has 2 heteroatoms. The molecule has 1 amide bonds. The van der Waals surface area contributed by atoms with Gasteiger partial charge >= 0.3 is 0 Å². The van der Waals surface area contributed by atoms with Gasteiger partial charge in [-0.1, -0.05) is 33.3 Å². The number of hydrogen-bond donors (Lipinski definition) is 1. The van der Waals surface area contributed by atoms with Crippen molar-refractivity contribution in [2.75, 3.05) is 0 Å². The third kappa shape index (κ3) is 5.06. The maximum Gasteiger partial charge on any atom is 0.251 e. The first-order valence-corrected chi connectivity index (χ1v) is 7.32. The van der Waals surface area contributed by atoms with Crippen molar-refractivity contribution in [3.05, 3.63) is 34.9 Å². The first-order chi connectivity index (χ1) is 8.93. The Bertz CT molecular complexity index is 423. The Morgan fingerprint density at radius 3 is 2.42 bits per heavy atom. The summed E-state index contributed by atoms with van der Waals surface area (Å²) in [6, 6.07) is 6.19. The van der Waals surface area contributed by atoms with E-state index >= 15 is 0 Å². The molecule has 0 bridgehead atoms. The first-order valence-electron chi connectivity index (χ1n) is 7.32. The topological polar surface area (TPSA) is 29.1 Å². The van der Waals surface area contributed by atoms with Gasteiger partial charge in [0, 0.05) is 11.6 Å². The zero-order valence-electron chi connectivity index (χ0n) is 12.9. The van der Waals surface area contributed by atoms with E-state index in [1.165, 1.54) is 11.1 Å². The SMILES string of the molecule is CCCC(CC(C)C)NC(=O)c1ccc(C)c(C)c1. The minimum atomic E-state index is 0.0576. The van der Waals surface area contributed by atoms with Crippen molar-refractivity contribution in [3.63, 3.8) is 0 Å². The van der Waals surface area contributed by atoms with Crippen LogP contribution in [0.3, 0.4) is 0 Å². The van der Waals surface area contributed by atoms with Gasteiger partial charge in [0.05, 0.1) is 0 Å². The highest BCUT2D eigenvalue weighted by molar-refractivity contribution is 5.94. The Morgan fingerprint density at radius 1 is 1.21 bits per heavy atom. The third-order valence-electron chi connectivity index (χ3n) is 3.50. The van der Waals surface area contributed by atoms with Crippen LogP contribution in [0.25, 0.3) is 0 Å². The molecule has 1 atom stereocenters. The second-order valence-electron chi connectivity index (χ2n) is 5.89. The van der Waals surface area contributed by atoms with Gasteiger partial charge < -0.3 is 5.32 Å². The minimum Gasteiger partial charge on any atom is -0.349 e. The molecule has 0 aromatic heterocycles. The van der Waals surface area contributed by atoms with E-state index in [4.69, 9.17) is 0 Å². The largest absolute Gasteiger partial charge is 0.349 e. The van der Waals surface area contributed by atoms with Gasteiger partial charge in [0.15, 0.2) is 0 Å². The van der Waals surface area contributed by atoms with Crippen LogP contribution in [-0.4, -0.2) is 11.9 Å². The molecular weight excluding hydrogens is 234 g/mol. The van der Waals surface area contributed by atoms with Crippen LogP contribution >= 0.6 is 0 Å². The van der Waals surface area contributed by atoms with Crippen molar-refractivity contribution in [2.24, 2.45) is 5.92 Å². The van der Waals surface area contributed by atoms with Gasteiger partial charge in [-0.25, -0.2) is 0 Å². The Labute approximate surface area is 117 Å². The third-order valence-corrected chi connectivity index (χ3v) is 3.50. The van der Waals surface area contributed by atoms with Crippen LogP contribution in [0, 0.1) is 19.8 Å². The van der Waals surface area contributed by atoms with E-state index in [0.29, 0.717) is 12.0 Å². The summed E-state index contributed by atoms with van der Waals surface area (Å²) in [4.78, 5) is 12.3. The van der Waals surface area contributed by atoms with Crippen LogP contribution in [0.5, 0.6) is 0 Å². The molecule has 0 radical (unpaired) electrons. The lowest BCUT2D eigenvalue weighted by molar-refractivity contribution is 0.0930. The average molecular weight is 261 g/mol. The van der Waals surface area contributed by atoms with E-state index in [1.807, 2.05) is 25.1 Å². The molecular formula is C17H27NO. The molecule has 0 aliphatic rings. The minimum absolute atomic E-state index is 0.0576. The van der Waals surface area contributed by atoms with Gasteiger partial charge in [0.25, 0.3) is 5.91 Å². The van der Waals surface area contributed by atoms with Crippen LogP contribution in [0.2, 0.25) is 0 Å². The molecule has 2 nitrogen and oxygen atoms in total. The summed E-state index contributed by atoms with van der Waals surface area (Å²) in [6.07, 6.45) is 3.20. The number of rotatable bonds is 6. The van der Waals surface area contributed by atoms with Crippen molar-refractivity contribution in [1.29, 1.82) is 0 Å². The van der Waals surface area contributed by atoms with Gasteiger partial charge in [-0.15, -0.1) is 0 Å². The summed E-state index contributed by atoms with van der Waals surface area (Å²) in [7, 11) is 0. The summed E-state index contributed by atoms with van der Waals surface area (Å²) < 4.78 is 0. The highest BCUT2D eigenvalue weighted by Crippen LogP contribution is 2.13. The number of amides is 1. The van der Waals surface area contributed by atoms with Crippen LogP contribution in [-0.2, 0) is 0 Å². The van der Waals surface area contributed by atoms with Crippen molar-refractivity contribution in [1.82, 2.24) is 5.32 Å². The monoisotopic (exact) mass is 261 g/mol. The molecule has 19 heavy (non-hydrogen) atoms. The van der Waals surface area contributed by atoms with Gasteiger partial charge in [0.2, 0.25) is 0 Å². The molecule has 1 rings (SSSR count). The standard InChI is InChI=1S/C17H27NO/c1-6-7-16(10-12(2)3)18-17(19)15-9-8-13(4)14(5)11-15/h8-9,11-12,16H,6-7,10H2,1-5H3,(H,18,19). The molecule has 1 aromatic carbocycles. The number of carbonyl (C=O) groups excluding carboxylic acids is 1. The van der Waals surface area contributed by atoms with E-state index in [2.05, 4.69) is 33.0 Å². The van der Waals surface area contributed by atoms with E-state index < -0.39 is 0 Å². The Hall–Kier alpha value is -1.31. The van der Waals surface area contributed by atoms with Crippen molar-refractivity contribution < 1.29 is 4.79 Å².